The number of ether oxygens (including phenoxy) is 1. The number of rotatable bonds is 1. The molecule has 0 aliphatic heterocycles. The molecule has 3 rings (SSSR count). The highest BCUT2D eigenvalue weighted by Crippen LogP contribution is 2.51. The molecule has 15 heavy (non-hydrogen) atoms. The molecule has 1 saturated carbocycles. The van der Waals surface area contributed by atoms with Crippen molar-refractivity contribution in [1.29, 1.82) is 0 Å². The van der Waals surface area contributed by atoms with Crippen molar-refractivity contribution in [1.82, 2.24) is 0 Å². The van der Waals surface area contributed by atoms with Gasteiger partial charge in [-0.05, 0) is 31.1 Å². The van der Waals surface area contributed by atoms with Gasteiger partial charge in [0.15, 0.2) is 11.5 Å². The smallest absolute Gasteiger partial charge is 0.224 e. The van der Waals surface area contributed by atoms with Crippen LogP contribution in [0, 0.1) is 11.8 Å². The van der Waals surface area contributed by atoms with Crippen LogP contribution in [-0.4, -0.2) is 18.7 Å². The fourth-order valence-electron chi connectivity index (χ4n) is 3.13. The number of hydrogen-bond donors (Lipinski definition) is 0. The summed E-state index contributed by atoms with van der Waals surface area (Å²) in [7, 11) is 1.44. The quantitative estimate of drug-likeness (QED) is 0.606. The summed E-state index contributed by atoms with van der Waals surface area (Å²) in [5.74, 6) is 0.815. The van der Waals surface area contributed by atoms with Crippen LogP contribution in [0.4, 0.5) is 0 Å². The summed E-state index contributed by atoms with van der Waals surface area (Å²) in [4.78, 5) is 23.8. The van der Waals surface area contributed by atoms with Crippen molar-refractivity contribution in [3.05, 3.63) is 23.0 Å². The number of fused-ring (bicyclic) bond motifs is 4. The molecule has 0 N–H and O–H groups in total. The van der Waals surface area contributed by atoms with Gasteiger partial charge in [-0.3, -0.25) is 9.59 Å². The van der Waals surface area contributed by atoms with Gasteiger partial charge in [-0.1, -0.05) is 0 Å². The molecule has 2 atom stereocenters. The van der Waals surface area contributed by atoms with Crippen molar-refractivity contribution in [3.8, 4) is 0 Å². The lowest BCUT2D eigenvalue weighted by molar-refractivity contribution is -0.118. The SMILES string of the molecule is COC1=CC(=O)C2=C(C1=O)C1CCC2C1. The maximum atomic E-state index is 12.0. The van der Waals surface area contributed by atoms with Crippen LogP contribution in [0.3, 0.4) is 0 Å². The van der Waals surface area contributed by atoms with Crippen molar-refractivity contribution in [2.45, 2.75) is 19.3 Å². The summed E-state index contributed by atoms with van der Waals surface area (Å²) in [5, 5.41) is 0. The molecular formula is C12H12O3. The molecule has 0 aromatic rings. The van der Waals surface area contributed by atoms with Crippen LogP contribution in [0.25, 0.3) is 0 Å². The van der Waals surface area contributed by atoms with Gasteiger partial charge >= 0.3 is 0 Å². The van der Waals surface area contributed by atoms with Gasteiger partial charge in [0, 0.05) is 17.2 Å². The third-order valence-electron chi connectivity index (χ3n) is 3.76. The van der Waals surface area contributed by atoms with Crippen LogP contribution in [0.15, 0.2) is 23.0 Å². The third-order valence-corrected chi connectivity index (χ3v) is 3.76. The van der Waals surface area contributed by atoms with Crippen molar-refractivity contribution in [3.63, 3.8) is 0 Å². The highest BCUT2D eigenvalue weighted by molar-refractivity contribution is 6.23. The Labute approximate surface area is 87.8 Å². The molecule has 3 aliphatic carbocycles. The second-order valence-corrected chi connectivity index (χ2v) is 4.44. The summed E-state index contributed by atoms with van der Waals surface area (Å²) in [6, 6.07) is 0. The lowest BCUT2D eigenvalue weighted by Gasteiger charge is -2.21. The summed E-state index contributed by atoms with van der Waals surface area (Å²) < 4.78 is 4.95. The normalized spacial score (nSPS) is 33.3. The average molecular weight is 204 g/mol. The molecule has 2 bridgehead atoms. The number of hydrogen-bond acceptors (Lipinski definition) is 3. The Hall–Kier alpha value is -1.38. The van der Waals surface area contributed by atoms with E-state index in [1.54, 1.807) is 0 Å². The van der Waals surface area contributed by atoms with Crippen molar-refractivity contribution in [2.75, 3.05) is 7.11 Å². The molecule has 3 heteroatoms. The molecule has 1 fully saturated rings. The minimum Gasteiger partial charge on any atom is -0.493 e. The van der Waals surface area contributed by atoms with E-state index in [4.69, 9.17) is 4.74 Å². The van der Waals surface area contributed by atoms with Gasteiger partial charge in [0.25, 0.3) is 0 Å². The number of carbonyl (C=O) groups excluding carboxylic acids is 2. The van der Waals surface area contributed by atoms with E-state index in [0.29, 0.717) is 11.8 Å². The molecular weight excluding hydrogens is 192 g/mol. The topological polar surface area (TPSA) is 43.4 Å². The zero-order valence-corrected chi connectivity index (χ0v) is 8.58. The molecule has 3 aliphatic rings. The first-order valence-electron chi connectivity index (χ1n) is 5.31. The average Bonchev–Trinajstić information content (AvgIpc) is 2.83. The van der Waals surface area contributed by atoms with E-state index in [1.807, 2.05) is 0 Å². The number of ketones is 2. The monoisotopic (exact) mass is 204 g/mol. The van der Waals surface area contributed by atoms with E-state index in [0.717, 1.165) is 30.4 Å². The van der Waals surface area contributed by atoms with E-state index in [9.17, 15) is 9.59 Å². The molecule has 0 amide bonds. The van der Waals surface area contributed by atoms with Crippen LogP contribution in [0.5, 0.6) is 0 Å². The Kier molecular flexibility index (Phi) is 1.67. The highest BCUT2D eigenvalue weighted by Gasteiger charge is 2.46. The Morgan fingerprint density at radius 2 is 1.87 bits per heavy atom. The lowest BCUT2D eigenvalue weighted by atomic mass is 9.83. The van der Waals surface area contributed by atoms with Crippen LogP contribution in [0.2, 0.25) is 0 Å². The largest absolute Gasteiger partial charge is 0.493 e. The molecule has 2 unspecified atom stereocenters. The van der Waals surface area contributed by atoms with Gasteiger partial charge in [-0.15, -0.1) is 0 Å². The van der Waals surface area contributed by atoms with Gasteiger partial charge in [0.05, 0.1) is 7.11 Å². The van der Waals surface area contributed by atoms with Crippen molar-refractivity contribution in [2.24, 2.45) is 11.8 Å². The van der Waals surface area contributed by atoms with Crippen LogP contribution >= 0.6 is 0 Å². The number of methoxy groups -OCH3 is 1. The van der Waals surface area contributed by atoms with E-state index in [-0.39, 0.29) is 17.3 Å². The van der Waals surface area contributed by atoms with E-state index >= 15 is 0 Å². The van der Waals surface area contributed by atoms with Gasteiger partial charge < -0.3 is 4.74 Å². The van der Waals surface area contributed by atoms with Crippen LogP contribution in [-0.2, 0) is 14.3 Å². The second kappa shape index (κ2) is 2.81. The molecule has 0 heterocycles. The zero-order valence-electron chi connectivity index (χ0n) is 8.58. The highest BCUT2D eigenvalue weighted by atomic mass is 16.5. The number of carbonyl (C=O) groups is 2. The predicted molar refractivity (Wildman–Crippen MR) is 53.0 cm³/mol. The number of allylic oxidation sites excluding steroid dienone is 3. The summed E-state index contributed by atoms with van der Waals surface area (Å²) in [6.45, 7) is 0. The van der Waals surface area contributed by atoms with Gasteiger partial charge in [0.2, 0.25) is 5.78 Å². The molecule has 78 valence electrons. The Bertz CT molecular complexity index is 428. The third kappa shape index (κ3) is 1.01. The maximum absolute atomic E-state index is 12.0. The maximum Gasteiger partial charge on any atom is 0.224 e. The molecule has 0 aromatic heterocycles. The van der Waals surface area contributed by atoms with Crippen LogP contribution < -0.4 is 0 Å². The van der Waals surface area contributed by atoms with E-state index in [2.05, 4.69) is 0 Å². The molecule has 0 aromatic carbocycles. The van der Waals surface area contributed by atoms with Gasteiger partial charge in [-0.25, -0.2) is 0 Å². The minimum atomic E-state index is -0.0562. The zero-order chi connectivity index (χ0) is 10.6. The molecule has 0 spiro atoms. The first-order valence-corrected chi connectivity index (χ1v) is 5.31. The van der Waals surface area contributed by atoms with Crippen molar-refractivity contribution >= 4 is 11.6 Å². The van der Waals surface area contributed by atoms with Crippen molar-refractivity contribution < 1.29 is 14.3 Å². The summed E-state index contributed by atoms with van der Waals surface area (Å²) in [6.07, 6.45) is 4.47. The molecule has 0 saturated heterocycles. The Morgan fingerprint density at radius 3 is 2.53 bits per heavy atom. The summed E-state index contributed by atoms with van der Waals surface area (Å²) in [5.41, 5.74) is 1.55. The minimum absolute atomic E-state index is 0.00588. The molecule has 3 nitrogen and oxygen atoms in total. The van der Waals surface area contributed by atoms with E-state index < -0.39 is 0 Å². The first-order chi connectivity index (χ1) is 7.22. The predicted octanol–water partition coefficient (Wildman–Crippen LogP) is 1.39. The van der Waals surface area contributed by atoms with Gasteiger partial charge in [0.1, 0.15) is 0 Å². The summed E-state index contributed by atoms with van der Waals surface area (Å²) >= 11 is 0. The second-order valence-electron chi connectivity index (χ2n) is 4.44. The Morgan fingerprint density at radius 1 is 1.20 bits per heavy atom. The fourth-order valence-corrected chi connectivity index (χ4v) is 3.13. The van der Waals surface area contributed by atoms with Gasteiger partial charge in [-0.2, -0.15) is 0 Å². The standard InChI is InChI=1S/C12H12O3/c1-15-9-5-8(13)10-6-2-3-7(4-6)11(10)12(9)14/h5-7H,2-4H2,1H3. The number of Topliss-reactive ketones (excluding diaryl/α,β-unsaturated/α-hetero) is 1. The van der Waals surface area contributed by atoms with E-state index in [1.165, 1.54) is 13.2 Å². The lowest BCUT2D eigenvalue weighted by Crippen LogP contribution is -2.24. The van der Waals surface area contributed by atoms with Crippen LogP contribution in [0.1, 0.15) is 19.3 Å². The fraction of sp³-hybridized carbons (Fsp3) is 0.500. The Balaban J connectivity index is 2.10. The molecule has 0 radical (unpaired) electrons. The first kappa shape index (κ1) is 8.89.